The fourth-order valence-corrected chi connectivity index (χ4v) is 3.60. The van der Waals surface area contributed by atoms with E-state index in [2.05, 4.69) is 15.4 Å². The largest absolute Gasteiger partial charge is 0.433 e. The number of alkyl halides is 3. The van der Waals surface area contributed by atoms with E-state index in [1.807, 2.05) is 24.7 Å². The number of carbonyl (C=O) groups is 1. The van der Waals surface area contributed by atoms with E-state index < -0.39 is 23.4 Å². The molecule has 0 atom stereocenters. The number of benzene rings is 1. The van der Waals surface area contributed by atoms with E-state index >= 15 is 0 Å². The van der Waals surface area contributed by atoms with E-state index in [1.54, 1.807) is 18.2 Å². The van der Waals surface area contributed by atoms with Crippen molar-refractivity contribution in [2.75, 3.05) is 5.32 Å². The SMILES string of the molecule is CC(C)(O)[C@H]1C[C@H](n2cc3cc(NC(=O)c4cccc(C(F)(F)F)n4)ccc3n2)C1. The second-order valence-corrected chi connectivity index (χ2v) is 8.22. The molecule has 4 rings (SSSR count). The zero-order chi connectivity index (χ0) is 21.7. The van der Waals surface area contributed by atoms with Crippen molar-refractivity contribution in [1.29, 1.82) is 0 Å². The summed E-state index contributed by atoms with van der Waals surface area (Å²) in [5.74, 6) is -0.496. The van der Waals surface area contributed by atoms with Gasteiger partial charge in [0.2, 0.25) is 0 Å². The van der Waals surface area contributed by atoms with Gasteiger partial charge in [0.25, 0.3) is 5.91 Å². The molecule has 0 unspecified atom stereocenters. The van der Waals surface area contributed by atoms with E-state index in [1.165, 1.54) is 6.07 Å². The molecule has 9 heteroatoms. The lowest BCUT2D eigenvalue weighted by molar-refractivity contribution is -0.141. The van der Waals surface area contributed by atoms with Gasteiger partial charge in [-0.2, -0.15) is 18.3 Å². The molecular formula is C21H21F3N4O2. The number of rotatable bonds is 4. The second-order valence-electron chi connectivity index (χ2n) is 8.22. The number of anilines is 1. The fourth-order valence-electron chi connectivity index (χ4n) is 3.60. The Morgan fingerprint density at radius 1 is 1.20 bits per heavy atom. The third-order valence-corrected chi connectivity index (χ3v) is 5.54. The highest BCUT2D eigenvalue weighted by molar-refractivity contribution is 6.03. The van der Waals surface area contributed by atoms with Crippen LogP contribution in [-0.4, -0.2) is 31.4 Å². The Kier molecular flexibility index (Phi) is 4.80. The summed E-state index contributed by atoms with van der Waals surface area (Å²) >= 11 is 0. The number of nitrogens with one attached hydrogen (secondary N) is 1. The molecule has 0 aliphatic heterocycles. The molecule has 6 nitrogen and oxygen atoms in total. The first-order valence-electron chi connectivity index (χ1n) is 9.57. The zero-order valence-electron chi connectivity index (χ0n) is 16.4. The molecule has 158 valence electrons. The highest BCUT2D eigenvalue weighted by Crippen LogP contribution is 2.43. The molecule has 1 amide bonds. The molecule has 30 heavy (non-hydrogen) atoms. The molecule has 1 aliphatic rings. The van der Waals surface area contributed by atoms with Crippen molar-refractivity contribution in [2.45, 2.75) is 44.5 Å². The number of hydrogen-bond donors (Lipinski definition) is 2. The minimum absolute atomic E-state index is 0.209. The molecule has 0 spiro atoms. The minimum Gasteiger partial charge on any atom is -0.390 e. The first-order valence-corrected chi connectivity index (χ1v) is 9.57. The predicted molar refractivity (Wildman–Crippen MR) is 105 cm³/mol. The topological polar surface area (TPSA) is 80.0 Å². The number of halogens is 3. The van der Waals surface area contributed by atoms with Gasteiger partial charge in [0, 0.05) is 17.3 Å². The maximum atomic E-state index is 12.8. The van der Waals surface area contributed by atoms with Gasteiger partial charge in [-0.1, -0.05) is 6.07 Å². The first-order chi connectivity index (χ1) is 14.0. The molecule has 2 aromatic heterocycles. The average Bonchev–Trinajstić information content (AvgIpc) is 3.01. The van der Waals surface area contributed by atoms with Crippen LogP contribution in [-0.2, 0) is 6.18 Å². The van der Waals surface area contributed by atoms with Crippen LogP contribution in [0.25, 0.3) is 10.9 Å². The summed E-state index contributed by atoms with van der Waals surface area (Å²) in [5, 5.41) is 18.0. The predicted octanol–water partition coefficient (Wildman–Crippen LogP) is 4.42. The van der Waals surface area contributed by atoms with Crippen molar-refractivity contribution in [1.82, 2.24) is 14.8 Å². The standard InChI is InChI=1S/C21H21F3N4O2/c1-20(2,30)13-9-15(10-13)28-11-12-8-14(6-7-16(12)27-28)25-19(29)17-4-3-5-18(26-17)21(22,23)24/h3-8,11,13,15,30H,9-10H2,1-2H3,(H,25,29)/t13-,15-. The Bertz CT molecular complexity index is 1100. The number of pyridine rings is 1. The van der Waals surface area contributed by atoms with Gasteiger partial charge in [-0.05, 0) is 62.9 Å². The number of aliphatic hydroxyl groups is 1. The summed E-state index contributed by atoms with van der Waals surface area (Å²) in [6, 6.07) is 8.52. The Labute approximate surface area is 170 Å². The van der Waals surface area contributed by atoms with Gasteiger partial charge in [0.15, 0.2) is 0 Å². The summed E-state index contributed by atoms with van der Waals surface area (Å²) in [4.78, 5) is 15.7. The molecule has 1 saturated carbocycles. The summed E-state index contributed by atoms with van der Waals surface area (Å²) in [6.07, 6.45) is -1.07. The molecule has 0 bridgehead atoms. The average molecular weight is 418 g/mol. The van der Waals surface area contributed by atoms with Crippen molar-refractivity contribution in [2.24, 2.45) is 5.92 Å². The van der Waals surface area contributed by atoms with Crippen molar-refractivity contribution in [3.8, 4) is 0 Å². The molecular weight excluding hydrogens is 397 g/mol. The Hall–Kier alpha value is -2.94. The smallest absolute Gasteiger partial charge is 0.390 e. The minimum atomic E-state index is -4.62. The van der Waals surface area contributed by atoms with Crippen molar-refractivity contribution in [3.63, 3.8) is 0 Å². The number of amides is 1. The lowest BCUT2D eigenvalue weighted by Crippen LogP contribution is -2.41. The van der Waals surface area contributed by atoms with Crippen LogP contribution < -0.4 is 5.32 Å². The van der Waals surface area contributed by atoms with E-state index in [0.29, 0.717) is 5.69 Å². The molecule has 1 aromatic carbocycles. The molecule has 1 aliphatic carbocycles. The van der Waals surface area contributed by atoms with Gasteiger partial charge in [-0.25, -0.2) is 4.98 Å². The summed E-state index contributed by atoms with van der Waals surface area (Å²) < 4.78 is 40.3. The number of carbonyl (C=O) groups excluding carboxylic acids is 1. The van der Waals surface area contributed by atoms with Crippen LogP contribution in [0.5, 0.6) is 0 Å². The van der Waals surface area contributed by atoms with Crippen LogP contribution in [0.3, 0.4) is 0 Å². The van der Waals surface area contributed by atoms with Gasteiger partial charge in [0.1, 0.15) is 11.4 Å². The van der Waals surface area contributed by atoms with Crippen molar-refractivity contribution >= 4 is 22.5 Å². The van der Waals surface area contributed by atoms with E-state index in [4.69, 9.17) is 0 Å². The molecule has 1 fully saturated rings. The maximum Gasteiger partial charge on any atom is 0.433 e. The Morgan fingerprint density at radius 3 is 2.60 bits per heavy atom. The molecule has 3 aromatic rings. The number of aromatic nitrogens is 3. The van der Waals surface area contributed by atoms with Crippen LogP contribution >= 0.6 is 0 Å². The third kappa shape index (κ3) is 4.02. The van der Waals surface area contributed by atoms with Crippen LogP contribution in [0.15, 0.2) is 42.6 Å². The molecule has 0 radical (unpaired) electrons. The summed E-state index contributed by atoms with van der Waals surface area (Å²) in [7, 11) is 0. The monoisotopic (exact) mass is 418 g/mol. The van der Waals surface area contributed by atoms with Gasteiger partial charge in [-0.3, -0.25) is 9.48 Å². The van der Waals surface area contributed by atoms with Gasteiger partial charge in [-0.15, -0.1) is 0 Å². The molecule has 0 saturated heterocycles. The summed E-state index contributed by atoms with van der Waals surface area (Å²) in [5.41, 5.74) is -0.951. The molecule has 2 heterocycles. The quantitative estimate of drug-likeness (QED) is 0.657. The van der Waals surface area contributed by atoms with Gasteiger partial charge in [0.05, 0.1) is 17.2 Å². The normalized spacial score (nSPS) is 19.5. The molecule has 2 N–H and O–H groups in total. The van der Waals surface area contributed by atoms with Gasteiger partial charge < -0.3 is 10.4 Å². The number of fused-ring (bicyclic) bond motifs is 1. The van der Waals surface area contributed by atoms with Crippen molar-refractivity contribution < 1.29 is 23.1 Å². The van der Waals surface area contributed by atoms with E-state index in [9.17, 15) is 23.1 Å². The number of nitrogens with zero attached hydrogens (tertiary/aromatic N) is 3. The van der Waals surface area contributed by atoms with Crippen LogP contribution in [0.1, 0.15) is 48.9 Å². The van der Waals surface area contributed by atoms with Crippen molar-refractivity contribution in [3.05, 3.63) is 54.0 Å². The van der Waals surface area contributed by atoms with Gasteiger partial charge >= 0.3 is 6.18 Å². The van der Waals surface area contributed by atoms with Crippen LogP contribution in [0.2, 0.25) is 0 Å². The highest BCUT2D eigenvalue weighted by atomic mass is 19.4. The zero-order valence-corrected chi connectivity index (χ0v) is 16.4. The maximum absolute atomic E-state index is 12.8. The highest BCUT2D eigenvalue weighted by Gasteiger charge is 2.40. The number of hydrogen-bond acceptors (Lipinski definition) is 4. The lowest BCUT2D eigenvalue weighted by Gasteiger charge is -2.42. The van der Waals surface area contributed by atoms with Crippen LogP contribution in [0, 0.1) is 5.92 Å². The van der Waals surface area contributed by atoms with E-state index in [0.717, 1.165) is 35.9 Å². The van der Waals surface area contributed by atoms with E-state index in [-0.39, 0.29) is 17.7 Å². The summed E-state index contributed by atoms with van der Waals surface area (Å²) in [6.45, 7) is 3.61. The lowest BCUT2D eigenvalue weighted by atomic mass is 9.71. The Morgan fingerprint density at radius 2 is 1.93 bits per heavy atom. The van der Waals surface area contributed by atoms with Crippen LogP contribution in [0.4, 0.5) is 18.9 Å². The first kappa shape index (κ1) is 20.3. The second kappa shape index (κ2) is 7.09. The third-order valence-electron chi connectivity index (χ3n) is 5.54. The Balaban J connectivity index is 1.49. The fraction of sp³-hybridized carbons (Fsp3) is 0.381.